The number of halogens is 1. The van der Waals surface area contributed by atoms with Crippen molar-refractivity contribution in [2.75, 3.05) is 37.8 Å². The first-order valence-corrected chi connectivity index (χ1v) is 19.3. The third-order valence-corrected chi connectivity index (χ3v) is 13.8. The van der Waals surface area contributed by atoms with Crippen molar-refractivity contribution in [2.24, 2.45) is 23.7 Å². The lowest BCUT2D eigenvalue weighted by Crippen LogP contribution is -2.49. The van der Waals surface area contributed by atoms with Crippen molar-refractivity contribution in [1.82, 2.24) is 4.72 Å². The summed E-state index contributed by atoms with van der Waals surface area (Å²) < 4.78 is 42.5. The number of amides is 1. The summed E-state index contributed by atoms with van der Waals surface area (Å²) in [5.74, 6) is 0.431. The molecule has 0 aromatic heterocycles. The number of aliphatic hydroxyl groups is 1. The molecule has 1 saturated heterocycles. The number of carbonyl (C=O) groups is 1. The van der Waals surface area contributed by atoms with E-state index in [0.717, 1.165) is 55.7 Å². The van der Waals surface area contributed by atoms with Crippen LogP contribution in [-0.4, -0.2) is 63.7 Å². The number of benzene rings is 2. The van der Waals surface area contributed by atoms with Crippen molar-refractivity contribution in [3.05, 3.63) is 70.3 Å². The van der Waals surface area contributed by atoms with E-state index in [4.69, 9.17) is 21.1 Å². The highest BCUT2D eigenvalue weighted by molar-refractivity contribution is 7.90. The number of aliphatic hydroxyl groups excluding tert-OH is 1. The van der Waals surface area contributed by atoms with Gasteiger partial charge in [0.1, 0.15) is 5.75 Å². The highest BCUT2D eigenvalue weighted by atomic mass is 35.5. The molecule has 2 N–H and O–H groups in total. The molecule has 0 radical (unpaired) electrons. The molecule has 5 aliphatic rings. The van der Waals surface area contributed by atoms with Gasteiger partial charge in [0.15, 0.2) is 0 Å². The van der Waals surface area contributed by atoms with Crippen LogP contribution in [0.3, 0.4) is 0 Å². The Hall–Kier alpha value is -2.59. The van der Waals surface area contributed by atoms with Gasteiger partial charge in [-0.3, -0.25) is 4.79 Å². The molecule has 3 aliphatic heterocycles. The predicted molar refractivity (Wildman–Crippen MR) is 184 cm³/mol. The average Bonchev–Trinajstić information content (AvgIpc) is 3.18. The molecule has 0 unspecified atom stereocenters. The molecule has 2 bridgehead atoms. The van der Waals surface area contributed by atoms with Gasteiger partial charge in [-0.15, -0.1) is 0 Å². The van der Waals surface area contributed by atoms with Gasteiger partial charge in [0, 0.05) is 42.3 Å². The Morgan fingerprint density at radius 2 is 1.94 bits per heavy atom. The Labute approximate surface area is 283 Å². The monoisotopic (exact) mass is 682 g/mol. The van der Waals surface area contributed by atoms with E-state index in [0.29, 0.717) is 57.1 Å². The van der Waals surface area contributed by atoms with Crippen LogP contribution in [-0.2, 0) is 26.6 Å². The molecule has 2 aromatic rings. The second-order valence-electron chi connectivity index (χ2n) is 14.7. The predicted octanol–water partition coefficient (Wildman–Crippen LogP) is 6.04. The van der Waals surface area contributed by atoms with Gasteiger partial charge in [-0.2, -0.15) is 0 Å². The van der Waals surface area contributed by atoms with Crippen molar-refractivity contribution in [3.8, 4) is 5.75 Å². The van der Waals surface area contributed by atoms with Gasteiger partial charge in [0.25, 0.3) is 5.91 Å². The van der Waals surface area contributed by atoms with Crippen molar-refractivity contribution < 1.29 is 27.8 Å². The number of allylic oxidation sites excluding steroid dienone is 1. The summed E-state index contributed by atoms with van der Waals surface area (Å²) in [5.41, 5.74) is 3.33. The van der Waals surface area contributed by atoms with E-state index in [1.54, 1.807) is 12.1 Å². The quantitative estimate of drug-likeness (QED) is 0.372. The number of nitrogens with zero attached hydrogens (tertiary/aromatic N) is 1. The normalized spacial score (nSPS) is 33.4. The van der Waals surface area contributed by atoms with Crippen LogP contribution in [0.4, 0.5) is 5.69 Å². The Morgan fingerprint density at radius 3 is 2.72 bits per heavy atom. The lowest BCUT2D eigenvalue weighted by atomic mass is 9.68. The van der Waals surface area contributed by atoms with E-state index >= 15 is 0 Å². The Bertz CT molecular complexity index is 1620. The molecule has 2 aliphatic carbocycles. The van der Waals surface area contributed by atoms with E-state index in [1.807, 2.05) is 31.2 Å². The van der Waals surface area contributed by atoms with Gasteiger partial charge in [-0.25, -0.2) is 13.1 Å². The van der Waals surface area contributed by atoms with Crippen LogP contribution >= 0.6 is 11.6 Å². The summed E-state index contributed by atoms with van der Waals surface area (Å²) in [7, 11) is -4.01. The highest BCUT2D eigenvalue weighted by Gasteiger charge is 2.44. The third-order valence-electron chi connectivity index (χ3n) is 11.7. The maximum absolute atomic E-state index is 14.0. The second-order valence-corrected chi connectivity index (χ2v) is 17.1. The van der Waals surface area contributed by atoms with Crippen LogP contribution in [0.25, 0.3) is 0 Å². The van der Waals surface area contributed by atoms with Crippen LogP contribution in [0, 0.1) is 23.7 Å². The fourth-order valence-corrected chi connectivity index (χ4v) is 10.7. The Morgan fingerprint density at radius 1 is 1.11 bits per heavy atom. The number of hydrogen-bond donors (Lipinski definition) is 2. The van der Waals surface area contributed by atoms with E-state index in [9.17, 15) is 18.3 Å². The first kappa shape index (κ1) is 32.9. The van der Waals surface area contributed by atoms with E-state index in [2.05, 4.69) is 21.8 Å². The summed E-state index contributed by atoms with van der Waals surface area (Å²) in [6, 6.07) is 11.5. The SMILES string of the molecule is C[C@@H]1C/C=C\[C@H](O)[C@@H]2CC[C@H]2CN2C[C@@]3(CCCc4cc(Cl)ccc43)COc3ccc(cc32)C(=O)NS(=O)(=O)[C@@H]1CC1CCOCC1. The molecule has 1 spiro atoms. The van der Waals surface area contributed by atoms with E-state index in [1.165, 1.54) is 11.1 Å². The van der Waals surface area contributed by atoms with Gasteiger partial charge in [-0.05, 0) is 123 Å². The van der Waals surface area contributed by atoms with Crippen molar-refractivity contribution in [1.29, 1.82) is 0 Å². The van der Waals surface area contributed by atoms with Gasteiger partial charge in [-0.1, -0.05) is 36.7 Å². The molecular formula is C37H47ClN2O6S. The summed E-state index contributed by atoms with van der Waals surface area (Å²) in [4.78, 5) is 16.1. The molecule has 7 rings (SSSR count). The molecule has 2 aromatic carbocycles. The zero-order chi connectivity index (χ0) is 32.8. The van der Waals surface area contributed by atoms with Crippen molar-refractivity contribution in [2.45, 2.75) is 81.5 Å². The number of fused-ring (bicyclic) bond motifs is 4. The number of sulfonamides is 1. The largest absolute Gasteiger partial charge is 0.490 e. The minimum Gasteiger partial charge on any atom is -0.490 e. The zero-order valence-electron chi connectivity index (χ0n) is 27.2. The first-order chi connectivity index (χ1) is 22.6. The second kappa shape index (κ2) is 13.4. The number of carbonyl (C=O) groups excluding carboxylic acids is 1. The molecule has 2 fully saturated rings. The number of ether oxygens (including phenoxy) is 2. The van der Waals surface area contributed by atoms with Gasteiger partial charge in [0.05, 0.1) is 23.6 Å². The van der Waals surface area contributed by atoms with Crippen molar-refractivity contribution in [3.63, 3.8) is 0 Å². The van der Waals surface area contributed by atoms with Crippen LogP contribution < -0.4 is 14.4 Å². The molecule has 1 amide bonds. The van der Waals surface area contributed by atoms with Crippen molar-refractivity contribution >= 4 is 33.2 Å². The van der Waals surface area contributed by atoms with Crippen LogP contribution in [0.5, 0.6) is 5.75 Å². The molecule has 3 heterocycles. The highest BCUT2D eigenvalue weighted by Crippen LogP contribution is 2.47. The fourth-order valence-electron chi connectivity index (χ4n) is 8.78. The Balaban J connectivity index is 1.26. The Kier molecular flexibility index (Phi) is 9.37. The summed E-state index contributed by atoms with van der Waals surface area (Å²) in [6.07, 6.45) is 10.7. The summed E-state index contributed by atoms with van der Waals surface area (Å²) >= 11 is 6.42. The number of aryl methyl sites for hydroxylation is 1. The van der Waals surface area contributed by atoms with E-state index < -0.39 is 27.3 Å². The lowest BCUT2D eigenvalue weighted by molar-refractivity contribution is 0.0455. The summed E-state index contributed by atoms with van der Waals surface area (Å²) in [5, 5.41) is 11.3. The van der Waals surface area contributed by atoms with Crippen LogP contribution in [0.15, 0.2) is 48.6 Å². The molecule has 8 nitrogen and oxygen atoms in total. The van der Waals surface area contributed by atoms with E-state index in [-0.39, 0.29) is 29.1 Å². The molecule has 10 heteroatoms. The maximum Gasteiger partial charge on any atom is 0.264 e. The third kappa shape index (κ3) is 6.70. The van der Waals surface area contributed by atoms with Gasteiger partial charge < -0.3 is 19.5 Å². The van der Waals surface area contributed by atoms with Crippen LogP contribution in [0.1, 0.15) is 79.8 Å². The number of nitrogens with one attached hydrogen (secondary N) is 1. The summed E-state index contributed by atoms with van der Waals surface area (Å²) in [6.45, 7) is 5.09. The van der Waals surface area contributed by atoms with Gasteiger partial charge >= 0.3 is 0 Å². The fraction of sp³-hybridized carbons (Fsp3) is 0.595. The molecule has 254 valence electrons. The number of hydrogen-bond acceptors (Lipinski definition) is 7. The number of anilines is 1. The molecule has 1 saturated carbocycles. The number of rotatable bonds is 2. The van der Waals surface area contributed by atoms with Crippen LogP contribution in [0.2, 0.25) is 5.02 Å². The smallest absolute Gasteiger partial charge is 0.264 e. The zero-order valence-corrected chi connectivity index (χ0v) is 28.8. The topological polar surface area (TPSA) is 105 Å². The maximum atomic E-state index is 14.0. The van der Waals surface area contributed by atoms with Gasteiger partial charge in [0.2, 0.25) is 10.0 Å². The standard InChI is InChI=1S/C37H47ClN2O6S/c1-24-4-2-6-33(41)30-10-7-28(30)21-40-22-37(15-3-5-26-19-29(38)9-11-31(26)37)23-46-34-12-8-27(20-32(34)40)36(42)39-47(43,44)35(24)18-25-13-16-45-17-14-25/h2,6,8-9,11-12,19-20,24-25,28,30,33,35,41H,3-5,7,10,13-18,21-23H2,1H3,(H,39,42)/b6-2-/t24-,28+,30-,33+,35-,37+/m1/s1. The average molecular weight is 683 g/mol. The molecule has 47 heavy (non-hydrogen) atoms. The molecule has 6 atom stereocenters. The minimum atomic E-state index is -4.01. The minimum absolute atomic E-state index is 0.115. The molecular weight excluding hydrogens is 636 g/mol. The first-order valence-electron chi connectivity index (χ1n) is 17.4. The lowest BCUT2D eigenvalue weighted by Gasteiger charge is -2.45.